The average Bonchev–Trinajstić information content (AvgIpc) is 3.33. The highest BCUT2D eigenvalue weighted by molar-refractivity contribution is 8.19. The molecule has 33 heavy (non-hydrogen) atoms. The smallest absolute Gasteiger partial charge is 0.269 e. The van der Waals surface area contributed by atoms with E-state index in [0.29, 0.717) is 16.6 Å². The molecule has 0 radical (unpaired) electrons. The van der Waals surface area contributed by atoms with Crippen LogP contribution in [0.5, 0.6) is 0 Å². The second kappa shape index (κ2) is 9.37. The van der Waals surface area contributed by atoms with Crippen molar-refractivity contribution in [1.29, 1.82) is 0 Å². The minimum Gasteiger partial charge on any atom is -0.384 e. The number of thioether (sulfide) groups is 2. The van der Waals surface area contributed by atoms with E-state index in [1.165, 1.54) is 11.8 Å². The Balaban J connectivity index is 1.57. The van der Waals surface area contributed by atoms with Crippen molar-refractivity contribution in [3.8, 4) is 0 Å². The number of para-hydroxylation sites is 3. The van der Waals surface area contributed by atoms with Crippen LogP contribution in [0.4, 0.5) is 17.1 Å². The van der Waals surface area contributed by atoms with E-state index < -0.39 is 0 Å². The zero-order valence-electron chi connectivity index (χ0n) is 18.5. The number of nitrogens with zero attached hydrogens (tertiary/aromatic N) is 3. The van der Waals surface area contributed by atoms with E-state index in [0.717, 1.165) is 39.1 Å². The monoisotopic (exact) mass is 472 g/mol. The van der Waals surface area contributed by atoms with Crippen molar-refractivity contribution in [3.63, 3.8) is 0 Å². The quantitative estimate of drug-likeness (QED) is 0.442. The summed E-state index contributed by atoms with van der Waals surface area (Å²) in [6, 6.07) is 26.3. The predicted octanol–water partition coefficient (Wildman–Crippen LogP) is 6.29. The Morgan fingerprint density at radius 2 is 1.64 bits per heavy atom. The lowest BCUT2D eigenvalue weighted by molar-refractivity contribution is -0.122. The van der Waals surface area contributed by atoms with E-state index in [4.69, 9.17) is 4.99 Å². The van der Waals surface area contributed by atoms with Crippen molar-refractivity contribution in [1.82, 2.24) is 4.90 Å². The maximum absolute atomic E-state index is 13.7. The van der Waals surface area contributed by atoms with Crippen LogP contribution in [0.2, 0.25) is 0 Å². The molecule has 2 aliphatic heterocycles. The summed E-state index contributed by atoms with van der Waals surface area (Å²) in [4.78, 5) is 24.5. The van der Waals surface area contributed by atoms with Gasteiger partial charge in [-0.2, -0.15) is 0 Å². The molecule has 0 spiro atoms. The zero-order chi connectivity index (χ0) is 22.8. The fourth-order valence-corrected chi connectivity index (χ4v) is 6.17. The van der Waals surface area contributed by atoms with Crippen LogP contribution in [0.25, 0.3) is 0 Å². The lowest BCUT2D eigenvalue weighted by atomic mass is 10.2. The molecule has 5 rings (SSSR count). The number of carbonyl (C=O) groups is 1. The Kier molecular flexibility index (Phi) is 6.15. The SMILES string of the molecule is CCNc1ccccc1N=C1S/C(=C2\Sc3ccccc3N2C)C(=O)N1Cc1ccccc1. The molecule has 2 heterocycles. The van der Waals surface area contributed by atoms with Crippen molar-refractivity contribution in [2.24, 2.45) is 4.99 Å². The third-order valence-corrected chi connectivity index (χ3v) is 7.90. The van der Waals surface area contributed by atoms with E-state index in [1.54, 1.807) is 16.7 Å². The minimum absolute atomic E-state index is 0.00862. The summed E-state index contributed by atoms with van der Waals surface area (Å²) in [6.45, 7) is 3.34. The number of amides is 1. The second-order valence-electron chi connectivity index (χ2n) is 7.68. The Bertz CT molecular complexity index is 1260. The summed E-state index contributed by atoms with van der Waals surface area (Å²) in [5, 5.41) is 5.02. The lowest BCUT2D eigenvalue weighted by Crippen LogP contribution is -2.29. The molecular formula is C26H24N4OS2. The van der Waals surface area contributed by atoms with Crippen LogP contribution in [0.3, 0.4) is 0 Å². The molecule has 2 aliphatic rings. The largest absolute Gasteiger partial charge is 0.384 e. The summed E-state index contributed by atoms with van der Waals surface area (Å²) >= 11 is 3.10. The maximum Gasteiger partial charge on any atom is 0.269 e. The fourth-order valence-electron chi connectivity index (χ4n) is 3.84. The van der Waals surface area contributed by atoms with E-state index >= 15 is 0 Å². The van der Waals surface area contributed by atoms with Gasteiger partial charge in [0.25, 0.3) is 5.91 Å². The minimum atomic E-state index is -0.00862. The molecule has 0 saturated carbocycles. The number of benzene rings is 3. The van der Waals surface area contributed by atoms with Gasteiger partial charge in [-0.15, -0.1) is 0 Å². The van der Waals surface area contributed by atoms with Crippen molar-refractivity contribution < 1.29 is 4.79 Å². The first kappa shape index (κ1) is 21.7. The van der Waals surface area contributed by atoms with Crippen molar-refractivity contribution >= 4 is 51.7 Å². The number of fused-ring (bicyclic) bond motifs is 1. The number of rotatable bonds is 5. The molecular weight excluding hydrogens is 448 g/mol. The normalized spacial score (nSPS) is 18.8. The number of hydrogen-bond acceptors (Lipinski definition) is 6. The van der Waals surface area contributed by atoms with E-state index in [1.807, 2.05) is 73.8 Å². The average molecular weight is 473 g/mol. The molecule has 7 heteroatoms. The van der Waals surface area contributed by atoms with Crippen LogP contribution >= 0.6 is 23.5 Å². The third-order valence-electron chi connectivity index (χ3n) is 5.47. The summed E-state index contributed by atoms with van der Waals surface area (Å²) < 4.78 is 0. The number of aliphatic imine (C=N–C) groups is 1. The van der Waals surface area contributed by atoms with E-state index in [-0.39, 0.29) is 5.91 Å². The molecule has 0 unspecified atom stereocenters. The number of hydrogen-bond donors (Lipinski definition) is 1. The van der Waals surface area contributed by atoms with Gasteiger partial charge in [0.1, 0.15) is 4.91 Å². The van der Waals surface area contributed by atoms with Crippen LogP contribution in [-0.2, 0) is 11.3 Å². The topological polar surface area (TPSA) is 47.9 Å². The summed E-state index contributed by atoms with van der Waals surface area (Å²) in [7, 11) is 2.02. The zero-order valence-corrected chi connectivity index (χ0v) is 20.1. The molecule has 1 N–H and O–H groups in total. The highest BCUT2D eigenvalue weighted by Gasteiger charge is 2.39. The lowest BCUT2D eigenvalue weighted by Gasteiger charge is -2.17. The summed E-state index contributed by atoms with van der Waals surface area (Å²) in [6.07, 6.45) is 0. The van der Waals surface area contributed by atoms with Crippen LogP contribution in [-0.4, -0.2) is 29.6 Å². The fraction of sp³-hybridized carbons (Fsp3) is 0.154. The predicted molar refractivity (Wildman–Crippen MR) is 140 cm³/mol. The molecule has 0 bridgehead atoms. The van der Waals surface area contributed by atoms with Crippen molar-refractivity contribution in [2.45, 2.75) is 18.4 Å². The van der Waals surface area contributed by atoms with E-state index in [9.17, 15) is 4.79 Å². The van der Waals surface area contributed by atoms with Crippen LogP contribution in [0, 0.1) is 0 Å². The molecule has 5 nitrogen and oxygen atoms in total. The molecule has 1 saturated heterocycles. The number of nitrogens with one attached hydrogen (secondary N) is 1. The molecule has 1 amide bonds. The standard InChI is InChI=1S/C26H24N4OS2/c1-3-27-19-13-7-8-14-20(19)28-26-30(17-18-11-5-4-6-12-18)24(31)23(33-26)25-29(2)21-15-9-10-16-22(21)32-25/h4-16,27H,3,17H2,1-2H3/b25-23-,28-26?. The van der Waals surface area contributed by atoms with Gasteiger partial charge >= 0.3 is 0 Å². The Morgan fingerprint density at radius 1 is 0.909 bits per heavy atom. The Labute approximate surface area is 202 Å². The summed E-state index contributed by atoms with van der Waals surface area (Å²) in [5.41, 5.74) is 3.98. The summed E-state index contributed by atoms with van der Waals surface area (Å²) in [5.74, 6) is -0.00862. The molecule has 3 aromatic rings. The first-order valence-electron chi connectivity index (χ1n) is 10.9. The van der Waals surface area contributed by atoms with Crippen molar-refractivity contribution in [3.05, 3.63) is 94.4 Å². The van der Waals surface area contributed by atoms with Crippen LogP contribution in [0.15, 0.2) is 98.7 Å². The van der Waals surface area contributed by atoms with Gasteiger partial charge in [-0.1, -0.05) is 66.4 Å². The molecule has 0 aromatic heterocycles. The van der Waals surface area contributed by atoms with Gasteiger partial charge in [-0.05, 0) is 48.5 Å². The first-order valence-corrected chi connectivity index (χ1v) is 12.5. The number of carbonyl (C=O) groups excluding carboxylic acids is 1. The van der Waals surface area contributed by atoms with Crippen LogP contribution < -0.4 is 10.2 Å². The Morgan fingerprint density at radius 3 is 2.42 bits per heavy atom. The van der Waals surface area contributed by atoms with E-state index in [2.05, 4.69) is 29.3 Å². The molecule has 0 aliphatic carbocycles. The number of amidine groups is 1. The van der Waals surface area contributed by atoms with Crippen molar-refractivity contribution in [2.75, 3.05) is 23.8 Å². The van der Waals surface area contributed by atoms with Gasteiger partial charge in [0.2, 0.25) is 0 Å². The Hall–Kier alpha value is -3.16. The molecule has 3 aromatic carbocycles. The number of anilines is 2. The molecule has 1 fully saturated rings. The third kappa shape index (κ3) is 4.26. The highest BCUT2D eigenvalue weighted by Crippen LogP contribution is 2.50. The first-order chi connectivity index (χ1) is 16.2. The van der Waals surface area contributed by atoms with Gasteiger partial charge in [0.05, 0.1) is 28.6 Å². The van der Waals surface area contributed by atoms with Crippen LogP contribution in [0.1, 0.15) is 12.5 Å². The molecule has 0 atom stereocenters. The highest BCUT2D eigenvalue weighted by atomic mass is 32.2. The van der Waals surface area contributed by atoms with Gasteiger partial charge in [-0.3, -0.25) is 9.69 Å². The van der Waals surface area contributed by atoms with Gasteiger partial charge < -0.3 is 10.2 Å². The van der Waals surface area contributed by atoms with Gasteiger partial charge in [0, 0.05) is 18.5 Å². The van der Waals surface area contributed by atoms with Gasteiger partial charge in [0.15, 0.2) is 5.17 Å². The maximum atomic E-state index is 13.7. The van der Waals surface area contributed by atoms with Gasteiger partial charge in [-0.25, -0.2) is 4.99 Å². The molecule has 166 valence electrons. The second-order valence-corrected chi connectivity index (χ2v) is 9.69.